The number of benzene rings is 1. The van der Waals surface area contributed by atoms with E-state index in [9.17, 15) is 4.79 Å². The number of nitrogens with two attached hydrogens (primary N) is 1. The predicted octanol–water partition coefficient (Wildman–Crippen LogP) is 1.04. The minimum absolute atomic E-state index is 0.102. The summed E-state index contributed by atoms with van der Waals surface area (Å²) in [6, 6.07) is 7.32. The Morgan fingerprint density at radius 3 is 2.67 bits per heavy atom. The van der Waals surface area contributed by atoms with Crippen LogP contribution < -0.4 is 16.6 Å². The molecule has 1 amide bonds. The summed E-state index contributed by atoms with van der Waals surface area (Å²) in [5.74, 6) is 5.28. The topological polar surface area (TPSA) is 70.4 Å². The number of nitrogens with zero attached hydrogens (tertiary/aromatic N) is 1. The summed E-state index contributed by atoms with van der Waals surface area (Å²) in [6.45, 7) is 2.94. The van der Waals surface area contributed by atoms with Gasteiger partial charge in [0.05, 0.1) is 11.3 Å². The number of rotatable bonds is 6. The molecule has 0 aromatic heterocycles. The second-order valence-corrected chi connectivity index (χ2v) is 4.66. The highest BCUT2D eigenvalue weighted by Gasteiger charge is 2.12. The smallest absolute Gasteiger partial charge is 0.253 e. The number of carbonyl (C=O) groups is 1. The van der Waals surface area contributed by atoms with Crippen molar-refractivity contribution in [2.24, 2.45) is 5.84 Å². The number of hydrogen-bond acceptors (Lipinski definition) is 4. The SMILES string of the molecule is CC(CCN(C)C)NC(=O)c1ccccc1NN. The van der Waals surface area contributed by atoms with Crippen LogP contribution in [0.3, 0.4) is 0 Å². The Morgan fingerprint density at radius 2 is 2.06 bits per heavy atom. The van der Waals surface area contributed by atoms with E-state index in [1.54, 1.807) is 12.1 Å². The number of para-hydroxylation sites is 1. The molecule has 5 heteroatoms. The highest BCUT2D eigenvalue weighted by atomic mass is 16.1. The number of anilines is 1. The van der Waals surface area contributed by atoms with Crippen molar-refractivity contribution >= 4 is 11.6 Å². The van der Waals surface area contributed by atoms with Gasteiger partial charge in [-0.1, -0.05) is 12.1 Å². The minimum Gasteiger partial charge on any atom is -0.349 e. The molecule has 1 aromatic rings. The van der Waals surface area contributed by atoms with Crippen molar-refractivity contribution in [1.29, 1.82) is 0 Å². The van der Waals surface area contributed by atoms with Gasteiger partial charge in [0.2, 0.25) is 0 Å². The summed E-state index contributed by atoms with van der Waals surface area (Å²) in [6.07, 6.45) is 0.914. The van der Waals surface area contributed by atoms with Crippen molar-refractivity contribution in [3.63, 3.8) is 0 Å². The Labute approximate surface area is 108 Å². The number of hydrazine groups is 1. The zero-order valence-corrected chi connectivity index (χ0v) is 11.2. The molecule has 0 heterocycles. The van der Waals surface area contributed by atoms with Crippen LogP contribution in [0.5, 0.6) is 0 Å². The van der Waals surface area contributed by atoms with Crippen LogP contribution in [0, 0.1) is 0 Å². The summed E-state index contributed by atoms with van der Waals surface area (Å²) in [5.41, 5.74) is 3.73. The Kier molecular flexibility index (Phi) is 5.61. The van der Waals surface area contributed by atoms with E-state index < -0.39 is 0 Å². The van der Waals surface area contributed by atoms with Gasteiger partial charge in [-0.2, -0.15) is 0 Å². The van der Waals surface area contributed by atoms with Crippen LogP contribution in [0.15, 0.2) is 24.3 Å². The molecule has 0 aliphatic rings. The molecule has 0 spiro atoms. The first kappa shape index (κ1) is 14.5. The van der Waals surface area contributed by atoms with Crippen molar-refractivity contribution in [2.45, 2.75) is 19.4 Å². The zero-order valence-electron chi connectivity index (χ0n) is 11.2. The summed E-state index contributed by atoms with van der Waals surface area (Å²) in [5, 5.41) is 2.97. The van der Waals surface area contributed by atoms with Gasteiger partial charge in [0.1, 0.15) is 0 Å². The first-order valence-electron chi connectivity index (χ1n) is 6.06. The van der Waals surface area contributed by atoms with Gasteiger partial charge in [0.25, 0.3) is 5.91 Å². The molecule has 18 heavy (non-hydrogen) atoms. The molecule has 4 N–H and O–H groups in total. The quantitative estimate of drug-likeness (QED) is 0.521. The van der Waals surface area contributed by atoms with E-state index >= 15 is 0 Å². The average Bonchev–Trinajstić information content (AvgIpc) is 2.36. The molecule has 1 rings (SSSR count). The van der Waals surface area contributed by atoms with Crippen molar-refractivity contribution in [3.8, 4) is 0 Å². The van der Waals surface area contributed by atoms with Crippen molar-refractivity contribution in [3.05, 3.63) is 29.8 Å². The first-order chi connectivity index (χ1) is 8.54. The molecule has 0 fully saturated rings. The molecule has 1 unspecified atom stereocenters. The van der Waals surface area contributed by atoms with Gasteiger partial charge in [0.15, 0.2) is 0 Å². The van der Waals surface area contributed by atoms with Gasteiger partial charge in [-0.05, 0) is 46.1 Å². The van der Waals surface area contributed by atoms with E-state index in [1.807, 2.05) is 33.2 Å². The molecular formula is C13H22N4O. The third-order valence-corrected chi connectivity index (χ3v) is 2.71. The molecule has 100 valence electrons. The lowest BCUT2D eigenvalue weighted by Gasteiger charge is -2.17. The number of nitrogens with one attached hydrogen (secondary N) is 2. The molecule has 0 radical (unpaired) electrons. The van der Waals surface area contributed by atoms with Crippen LogP contribution >= 0.6 is 0 Å². The molecule has 1 aromatic carbocycles. The molecule has 1 atom stereocenters. The largest absolute Gasteiger partial charge is 0.349 e. The molecule has 0 aliphatic carbocycles. The maximum Gasteiger partial charge on any atom is 0.253 e. The third kappa shape index (κ3) is 4.35. The van der Waals surface area contributed by atoms with Gasteiger partial charge >= 0.3 is 0 Å². The molecule has 5 nitrogen and oxygen atoms in total. The monoisotopic (exact) mass is 250 g/mol. The first-order valence-corrected chi connectivity index (χ1v) is 6.06. The second kappa shape index (κ2) is 6.98. The molecule has 0 aliphatic heterocycles. The molecule has 0 saturated heterocycles. The van der Waals surface area contributed by atoms with Crippen LogP contribution in [0.25, 0.3) is 0 Å². The lowest BCUT2D eigenvalue weighted by atomic mass is 10.1. The van der Waals surface area contributed by atoms with E-state index in [0.29, 0.717) is 11.3 Å². The standard InChI is InChI=1S/C13H22N4O/c1-10(8-9-17(2)3)15-13(18)11-6-4-5-7-12(11)16-14/h4-7,10,16H,8-9,14H2,1-3H3,(H,15,18). The minimum atomic E-state index is -0.102. The normalized spacial score (nSPS) is 12.3. The summed E-state index contributed by atoms with van der Waals surface area (Å²) in [7, 11) is 4.03. The van der Waals surface area contributed by atoms with Crippen molar-refractivity contribution < 1.29 is 4.79 Å². The van der Waals surface area contributed by atoms with Crippen LogP contribution in [-0.4, -0.2) is 37.5 Å². The lowest BCUT2D eigenvalue weighted by Crippen LogP contribution is -2.35. The van der Waals surface area contributed by atoms with E-state index in [0.717, 1.165) is 13.0 Å². The highest BCUT2D eigenvalue weighted by Crippen LogP contribution is 2.13. The van der Waals surface area contributed by atoms with Gasteiger partial charge in [-0.25, -0.2) is 0 Å². The van der Waals surface area contributed by atoms with Crippen LogP contribution in [-0.2, 0) is 0 Å². The Bertz CT molecular complexity index is 392. The van der Waals surface area contributed by atoms with Crippen LogP contribution in [0.4, 0.5) is 5.69 Å². The van der Waals surface area contributed by atoms with E-state index in [1.165, 1.54) is 0 Å². The maximum atomic E-state index is 12.1. The van der Waals surface area contributed by atoms with Gasteiger partial charge < -0.3 is 15.6 Å². The van der Waals surface area contributed by atoms with Gasteiger partial charge in [-0.3, -0.25) is 10.6 Å². The fourth-order valence-electron chi connectivity index (χ4n) is 1.63. The van der Waals surface area contributed by atoms with Crippen LogP contribution in [0.2, 0.25) is 0 Å². The molecular weight excluding hydrogens is 228 g/mol. The van der Waals surface area contributed by atoms with E-state index in [4.69, 9.17) is 5.84 Å². The average molecular weight is 250 g/mol. The Balaban J connectivity index is 2.59. The van der Waals surface area contributed by atoms with E-state index in [-0.39, 0.29) is 11.9 Å². The van der Waals surface area contributed by atoms with Gasteiger partial charge in [-0.15, -0.1) is 0 Å². The third-order valence-electron chi connectivity index (χ3n) is 2.71. The lowest BCUT2D eigenvalue weighted by molar-refractivity contribution is 0.0937. The molecule has 0 bridgehead atoms. The number of hydrogen-bond donors (Lipinski definition) is 3. The summed E-state index contributed by atoms with van der Waals surface area (Å²) < 4.78 is 0. The second-order valence-electron chi connectivity index (χ2n) is 4.66. The Hall–Kier alpha value is -1.59. The van der Waals surface area contributed by atoms with Crippen molar-refractivity contribution in [1.82, 2.24) is 10.2 Å². The van der Waals surface area contributed by atoms with Gasteiger partial charge in [0, 0.05) is 6.04 Å². The zero-order chi connectivity index (χ0) is 13.5. The fraction of sp³-hybridized carbons (Fsp3) is 0.462. The van der Waals surface area contributed by atoms with E-state index in [2.05, 4.69) is 15.6 Å². The maximum absolute atomic E-state index is 12.1. The Morgan fingerprint density at radius 1 is 1.39 bits per heavy atom. The molecule has 0 saturated carbocycles. The number of nitrogen functional groups attached to an aromatic ring is 1. The number of carbonyl (C=O) groups excluding carboxylic acids is 1. The summed E-state index contributed by atoms with van der Waals surface area (Å²) >= 11 is 0. The van der Waals surface area contributed by atoms with Crippen LogP contribution in [0.1, 0.15) is 23.7 Å². The highest BCUT2D eigenvalue weighted by molar-refractivity contribution is 5.99. The van der Waals surface area contributed by atoms with Crippen molar-refractivity contribution in [2.75, 3.05) is 26.1 Å². The summed E-state index contributed by atoms with van der Waals surface area (Å²) in [4.78, 5) is 14.2. The number of amides is 1. The fourth-order valence-corrected chi connectivity index (χ4v) is 1.63. The predicted molar refractivity (Wildman–Crippen MR) is 74.4 cm³/mol.